The van der Waals surface area contributed by atoms with E-state index >= 15 is 0 Å². The van der Waals surface area contributed by atoms with Crippen molar-refractivity contribution in [3.8, 4) is 10.7 Å². The summed E-state index contributed by atoms with van der Waals surface area (Å²) in [7, 11) is 0. The number of halogens is 3. The van der Waals surface area contributed by atoms with E-state index < -0.39 is 23.6 Å². The van der Waals surface area contributed by atoms with E-state index in [0.29, 0.717) is 5.82 Å². The van der Waals surface area contributed by atoms with Gasteiger partial charge in [-0.3, -0.25) is 14.2 Å². The first kappa shape index (κ1) is 20.9. The van der Waals surface area contributed by atoms with E-state index in [-0.39, 0.29) is 23.1 Å². The molecule has 0 unspecified atom stereocenters. The second-order valence-electron chi connectivity index (χ2n) is 5.72. The molecule has 0 aliphatic rings. The number of aromatic nitrogens is 3. The second-order valence-corrected chi connectivity index (χ2v) is 7.61. The number of hydrogen-bond donors (Lipinski definition) is 2. The molecule has 2 aromatic heterocycles. The first-order valence-corrected chi connectivity index (χ1v) is 9.96. The lowest BCUT2D eigenvalue weighted by molar-refractivity contribution is -0.137. The summed E-state index contributed by atoms with van der Waals surface area (Å²) < 4.78 is 40.6. The Labute approximate surface area is 171 Å². The largest absolute Gasteiger partial charge is 0.418 e. The van der Waals surface area contributed by atoms with Gasteiger partial charge in [0.25, 0.3) is 0 Å². The molecule has 0 bridgehead atoms. The molecule has 0 aliphatic carbocycles. The minimum absolute atomic E-state index is 0.193. The lowest BCUT2D eigenvalue weighted by Gasteiger charge is -2.13. The maximum Gasteiger partial charge on any atom is 0.418 e. The number of thiophene rings is 1. The van der Waals surface area contributed by atoms with Crippen LogP contribution in [0.5, 0.6) is 0 Å². The van der Waals surface area contributed by atoms with Crippen molar-refractivity contribution >= 4 is 40.6 Å². The van der Waals surface area contributed by atoms with Crippen molar-refractivity contribution in [1.82, 2.24) is 14.8 Å². The molecule has 0 saturated heterocycles. The van der Waals surface area contributed by atoms with Gasteiger partial charge in [0.05, 0.1) is 21.9 Å². The standard InChI is InChI=1S/C17H14F3N5O2S2/c18-17(19,20)10-4-1-2-5-11(10)22-14(27)9-29-16-24-23-15(12-6-3-7-28-12)25(16)8-13(21)26/h1-7H,8-9H2,(H2,21,26)(H,22,27). The maximum atomic E-state index is 13.0. The average Bonchev–Trinajstić information content (AvgIpc) is 3.29. The number of nitrogens with one attached hydrogen (secondary N) is 1. The quantitative estimate of drug-likeness (QED) is 0.548. The Morgan fingerprint density at radius 2 is 1.93 bits per heavy atom. The molecular formula is C17H14F3N5O2S2. The summed E-state index contributed by atoms with van der Waals surface area (Å²) in [6, 6.07) is 8.30. The molecule has 3 N–H and O–H groups in total. The lowest BCUT2D eigenvalue weighted by Crippen LogP contribution is -2.21. The molecule has 152 valence electrons. The number of anilines is 1. The van der Waals surface area contributed by atoms with Gasteiger partial charge in [-0.05, 0) is 23.6 Å². The Hall–Kier alpha value is -2.86. The van der Waals surface area contributed by atoms with Crippen molar-refractivity contribution in [2.75, 3.05) is 11.1 Å². The molecule has 7 nitrogen and oxygen atoms in total. The lowest BCUT2D eigenvalue weighted by atomic mass is 10.1. The Morgan fingerprint density at radius 3 is 2.59 bits per heavy atom. The van der Waals surface area contributed by atoms with E-state index in [1.165, 1.54) is 34.1 Å². The fraction of sp³-hybridized carbons (Fsp3) is 0.176. The molecule has 3 aromatic rings. The van der Waals surface area contributed by atoms with Gasteiger partial charge in [-0.2, -0.15) is 13.2 Å². The third kappa shape index (κ3) is 5.15. The van der Waals surface area contributed by atoms with Crippen molar-refractivity contribution in [3.05, 3.63) is 47.3 Å². The zero-order valence-corrected chi connectivity index (χ0v) is 16.3. The van der Waals surface area contributed by atoms with E-state index in [4.69, 9.17) is 5.73 Å². The van der Waals surface area contributed by atoms with Gasteiger partial charge in [0.1, 0.15) is 6.54 Å². The monoisotopic (exact) mass is 441 g/mol. The number of para-hydroxylation sites is 1. The summed E-state index contributed by atoms with van der Waals surface area (Å²) in [5, 5.41) is 12.4. The number of carbonyl (C=O) groups excluding carboxylic acids is 2. The number of amides is 2. The summed E-state index contributed by atoms with van der Waals surface area (Å²) in [4.78, 5) is 24.4. The summed E-state index contributed by atoms with van der Waals surface area (Å²) in [6.07, 6.45) is -4.59. The van der Waals surface area contributed by atoms with E-state index in [2.05, 4.69) is 15.5 Å². The van der Waals surface area contributed by atoms with Gasteiger partial charge >= 0.3 is 6.18 Å². The zero-order chi connectivity index (χ0) is 21.0. The van der Waals surface area contributed by atoms with Gasteiger partial charge < -0.3 is 11.1 Å². The number of thioether (sulfide) groups is 1. The van der Waals surface area contributed by atoms with Crippen molar-refractivity contribution in [2.24, 2.45) is 5.73 Å². The first-order chi connectivity index (χ1) is 13.8. The number of nitrogens with two attached hydrogens (primary N) is 1. The predicted molar refractivity (Wildman–Crippen MR) is 103 cm³/mol. The fourth-order valence-corrected chi connectivity index (χ4v) is 3.89. The molecule has 1 aromatic carbocycles. The van der Waals surface area contributed by atoms with Gasteiger partial charge in [0.15, 0.2) is 11.0 Å². The van der Waals surface area contributed by atoms with Gasteiger partial charge in [-0.15, -0.1) is 21.5 Å². The maximum absolute atomic E-state index is 13.0. The van der Waals surface area contributed by atoms with Crippen molar-refractivity contribution < 1.29 is 22.8 Å². The number of nitrogens with zero attached hydrogens (tertiary/aromatic N) is 3. The summed E-state index contributed by atoms with van der Waals surface area (Å²) >= 11 is 2.33. The minimum Gasteiger partial charge on any atom is -0.368 e. The third-order valence-electron chi connectivity index (χ3n) is 3.61. The smallest absolute Gasteiger partial charge is 0.368 e. The molecule has 2 heterocycles. The zero-order valence-electron chi connectivity index (χ0n) is 14.6. The summed E-state index contributed by atoms with van der Waals surface area (Å²) in [5.41, 5.74) is 4.02. The van der Waals surface area contributed by atoms with E-state index in [9.17, 15) is 22.8 Å². The van der Waals surface area contributed by atoms with Crippen LogP contribution in [0.25, 0.3) is 10.7 Å². The highest BCUT2D eigenvalue weighted by Crippen LogP contribution is 2.34. The van der Waals surface area contributed by atoms with Gasteiger partial charge in [-0.1, -0.05) is 30.0 Å². The second kappa shape index (κ2) is 8.66. The molecule has 0 radical (unpaired) electrons. The molecule has 0 atom stereocenters. The normalized spacial score (nSPS) is 11.4. The SMILES string of the molecule is NC(=O)Cn1c(SCC(=O)Nc2ccccc2C(F)(F)F)nnc1-c1cccs1. The van der Waals surface area contributed by atoms with Crippen LogP contribution in [0.1, 0.15) is 5.56 Å². The molecule has 2 amide bonds. The Kier molecular flexibility index (Phi) is 6.23. The number of primary amides is 1. The van der Waals surface area contributed by atoms with E-state index in [0.717, 1.165) is 22.7 Å². The van der Waals surface area contributed by atoms with Crippen LogP contribution < -0.4 is 11.1 Å². The molecular weight excluding hydrogens is 427 g/mol. The minimum atomic E-state index is -4.59. The van der Waals surface area contributed by atoms with Gasteiger partial charge in [0, 0.05) is 0 Å². The Bertz CT molecular complexity index is 1020. The number of carbonyl (C=O) groups is 2. The topological polar surface area (TPSA) is 103 Å². The van der Waals surface area contributed by atoms with Crippen LogP contribution >= 0.6 is 23.1 Å². The number of hydrogen-bond acceptors (Lipinski definition) is 6. The molecule has 3 rings (SSSR count). The van der Waals surface area contributed by atoms with Crippen molar-refractivity contribution in [1.29, 1.82) is 0 Å². The highest BCUT2D eigenvalue weighted by atomic mass is 32.2. The highest BCUT2D eigenvalue weighted by Gasteiger charge is 2.33. The van der Waals surface area contributed by atoms with E-state index in [1.807, 2.05) is 11.4 Å². The highest BCUT2D eigenvalue weighted by molar-refractivity contribution is 7.99. The fourth-order valence-electron chi connectivity index (χ4n) is 2.44. The number of rotatable bonds is 7. The van der Waals surface area contributed by atoms with Gasteiger partial charge in [0.2, 0.25) is 11.8 Å². The van der Waals surface area contributed by atoms with E-state index in [1.54, 1.807) is 6.07 Å². The van der Waals surface area contributed by atoms with Crippen molar-refractivity contribution in [3.63, 3.8) is 0 Å². The summed E-state index contributed by atoms with van der Waals surface area (Å²) in [5.74, 6) is -1.08. The Balaban J connectivity index is 1.74. The van der Waals surface area contributed by atoms with Gasteiger partial charge in [-0.25, -0.2) is 0 Å². The van der Waals surface area contributed by atoms with Crippen LogP contribution in [0.4, 0.5) is 18.9 Å². The number of benzene rings is 1. The van der Waals surface area contributed by atoms with Crippen LogP contribution in [0, 0.1) is 0 Å². The van der Waals surface area contributed by atoms with Crippen molar-refractivity contribution in [2.45, 2.75) is 17.9 Å². The van der Waals surface area contributed by atoms with Crippen LogP contribution in [-0.4, -0.2) is 32.3 Å². The molecule has 0 fully saturated rings. The average molecular weight is 441 g/mol. The number of alkyl halides is 3. The first-order valence-electron chi connectivity index (χ1n) is 8.10. The molecule has 0 saturated carbocycles. The van der Waals surface area contributed by atoms with Crippen LogP contribution in [0.2, 0.25) is 0 Å². The van der Waals surface area contributed by atoms with Crippen LogP contribution in [0.15, 0.2) is 46.9 Å². The molecule has 12 heteroatoms. The Morgan fingerprint density at radius 1 is 1.17 bits per heavy atom. The molecule has 29 heavy (non-hydrogen) atoms. The molecule has 0 spiro atoms. The molecule has 0 aliphatic heterocycles. The predicted octanol–water partition coefficient (Wildman–Crippen LogP) is 3.24. The van der Waals surface area contributed by atoms with Crippen LogP contribution in [0.3, 0.4) is 0 Å². The van der Waals surface area contributed by atoms with Crippen LogP contribution in [-0.2, 0) is 22.3 Å². The summed E-state index contributed by atoms with van der Waals surface area (Å²) in [6.45, 7) is -0.193. The third-order valence-corrected chi connectivity index (χ3v) is 5.44.